The molecule has 1 heterocycles. The van der Waals surface area contributed by atoms with Crippen LogP contribution in [0.25, 0.3) is 0 Å². The Labute approximate surface area is 59.6 Å². The Bertz CT molecular complexity index is 186. The van der Waals surface area contributed by atoms with Crippen LogP contribution in [0.5, 0.6) is 0 Å². The minimum absolute atomic E-state index is 0.329. The lowest BCUT2D eigenvalue weighted by molar-refractivity contribution is 0.172. The largest absolute Gasteiger partial charge is 0.415 e. The molecule has 3 nitrogen and oxygen atoms in total. The molecule has 1 aliphatic heterocycles. The quantitative estimate of drug-likeness (QED) is 0.537. The second kappa shape index (κ2) is 2.56. The Morgan fingerprint density at radius 3 is 2.90 bits per heavy atom. The summed E-state index contributed by atoms with van der Waals surface area (Å²) >= 11 is 0. The fourth-order valence-corrected chi connectivity index (χ4v) is 0.793. The summed E-state index contributed by atoms with van der Waals surface area (Å²) in [4.78, 5) is 12.3. The third-order valence-corrected chi connectivity index (χ3v) is 1.21. The molecule has 0 spiro atoms. The summed E-state index contributed by atoms with van der Waals surface area (Å²) in [5, 5.41) is 0. The van der Waals surface area contributed by atoms with Crippen LogP contribution in [0.4, 0.5) is 4.79 Å². The molecular formula is C7H9NO2. The molecule has 0 saturated carbocycles. The summed E-state index contributed by atoms with van der Waals surface area (Å²) in [6.07, 6.45) is 1.32. The highest BCUT2D eigenvalue weighted by molar-refractivity contribution is 5.71. The van der Waals surface area contributed by atoms with Crippen molar-refractivity contribution in [3.05, 3.63) is 25.0 Å². The smallest absolute Gasteiger partial charge is 0.413 e. The molecule has 0 aromatic carbocycles. The highest BCUT2D eigenvalue weighted by Gasteiger charge is 2.23. The molecule has 10 heavy (non-hydrogen) atoms. The van der Waals surface area contributed by atoms with Gasteiger partial charge in [-0.3, -0.25) is 4.90 Å². The average molecular weight is 139 g/mol. The van der Waals surface area contributed by atoms with Crippen LogP contribution < -0.4 is 0 Å². The number of carbonyl (C=O) groups excluding carboxylic acids is 1. The fourth-order valence-electron chi connectivity index (χ4n) is 0.793. The second-order valence-electron chi connectivity index (χ2n) is 2.08. The van der Waals surface area contributed by atoms with Crippen LogP contribution in [-0.4, -0.2) is 24.1 Å². The molecule has 0 aromatic heterocycles. The zero-order valence-electron chi connectivity index (χ0n) is 5.67. The molecule has 0 radical (unpaired) electrons. The third kappa shape index (κ3) is 1.18. The van der Waals surface area contributed by atoms with E-state index < -0.39 is 0 Å². The van der Waals surface area contributed by atoms with Crippen molar-refractivity contribution < 1.29 is 9.53 Å². The van der Waals surface area contributed by atoms with Crippen LogP contribution in [0.3, 0.4) is 0 Å². The van der Waals surface area contributed by atoms with E-state index in [1.165, 1.54) is 4.90 Å². The Kier molecular flexibility index (Phi) is 1.76. The first-order valence-electron chi connectivity index (χ1n) is 2.99. The molecule has 1 fully saturated rings. The van der Waals surface area contributed by atoms with Gasteiger partial charge in [-0.05, 0) is 0 Å². The molecule has 0 unspecified atom stereocenters. The van der Waals surface area contributed by atoms with Crippen LogP contribution in [0, 0.1) is 0 Å². The van der Waals surface area contributed by atoms with Crippen LogP contribution in [-0.2, 0) is 4.74 Å². The van der Waals surface area contributed by atoms with Crippen molar-refractivity contribution in [2.24, 2.45) is 0 Å². The van der Waals surface area contributed by atoms with Gasteiger partial charge in [-0.2, -0.15) is 0 Å². The summed E-state index contributed by atoms with van der Waals surface area (Å²) in [5.74, 6) is 0.506. The van der Waals surface area contributed by atoms with E-state index in [2.05, 4.69) is 17.9 Å². The molecule has 3 heteroatoms. The predicted molar refractivity (Wildman–Crippen MR) is 37.4 cm³/mol. The summed E-state index contributed by atoms with van der Waals surface area (Å²) in [6.45, 7) is 8.04. The average Bonchev–Trinajstić information content (AvgIpc) is 2.13. The molecule has 1 amide bonds. The number of nitrogens with zero attached hydrogens (tertiary/aromatic N) is 1. The van der Waals surface area contributed by atoms with Gasteiger partial charge in [0.2, 0.25) is 0 Å². The molecule has 0 N–H and O–H groups in total. The molecule has 0 aliphatic carbocycles. The van der Waals surface area contributed by atoms with Crippen LogP contribution in [0.1, 0.15) is 0 Å². The van der Waals surface area contributed by atoms with Gasteiger partial charge in [-0.15, -0.1) is 6.58 Å². The molecule has 1 saturated heterocycles. The van der Waals surface area contributed by atoms with Gasteiger partial charge in [0.15, 0.2) is 0 Å². The van der Waals surface area contributed by atoms with Gasteiger partial charge in [0, 0.05) is 6.54 Å². The van der Waals surface area contributed by atoms with E-state index in [9.17, 15) is 4.79 Å². The van der Waals surface area contributed by atoms with Gasteiger partial charge < -0.3 is 4.74 Å². The number of cyclic esters (lactones) is 1. The standard InChI is InChI=1S/C7H9NO2/c1-3-4-8-5-6(2)10-7(8)9/h3H,1-2,4-5H2. The summed E-state index contributed by atoms with van der Waals surface area (Å²) in [6, 6.07) is 0. The van der Waals surface area contributed by atoms with Gasteiger partial charge >= 0.3 is 6.09 Å². The Morgan fingerprint density at radius 2 is 2.50 bits per heavy atom. The summed E-state index contributed by atoms with van der Waals surface area (Å²) < 4.78 is 4.67. The maximum Gasteiger partial charge on any atom is 0.415 e. The second-order valence-corrected chi connectivity index (χ2v) is 2.08. The predicted octanol–water partition coefficient (Wildman–Crippen LogP) is 1.14. The summed E-state index contributed by atoms with van der Waals surface area (Å²) in [7, 11) is 0. The van der Waals surface area contributed by atoms with Crippen LogP contribution in [0.2, 0.25) is 0 Å². The number of hydrogen-bond acceptors (Lipinski definition) is 2. The van der Waals surface area contributed by atoms with Crippen LogP contribution >= 0.6 is 0 Å². The molecular weight excluding hydrogens is 130 g/mol. The van der Waals surface area contributed by atoms with Gasteiger partial charge in [0.25, 0.3) is 0 Å². The lowest BCUT2D eigenvalue weighted by Gasteiger charge is -2.06. The summed E-state index contributed by atoms with van der Waals surface area (Å²) in [5.41, 5.74) is 0. The minimum atomic E-state index is -0.329. The zero-order valence-corrected chi connectivity index (χ0v) is 5.67. The number of carbonyl (C=O) groups is 1. The van der Waals surface area contributed by atoms with Crippen molar-refractivity contribution in [2.75, 3.05) is 13.1 Å². The Hall–Kier alpha value is -1.25. The normalized spacial score (nSPS) is 17.4. The van der Waals surface area contributed by atoms with E-state index in [1.807, 2.05) is 0 Å². The molecule has 1 rings (SSSR count). The van der Waals surface area contributed by atoms with E-state index in [1.54, 1.807) is 6.08 Å². The van der Waals surface area contributed by atoms with Gasteiger partial charge in [0.1, 0.15) is 5.76 Å². The van der Waals surface area contributed by atoms with Crippen LogP contribution in [0.15, 0.2) is 25.0 Å². The van der Waals surface area contributed by atoms with Crippen molar-refractivity contribution in [1.29, 1.82) is 0 Å². The number of hydrogen-bond donors (Lipinski definition) is 0. The van der Waals surface area contributed by atoms with Crippen molar-refractivity contribution in [3.63, 3.8) is 0 Å². The lowest BCUT2D eigenvalue weighted by atomic mass is 10.5. The maximum absolute atomic E-state index is 10.8. The maximum atomic E-state index is 10.8. The van der Waals surface area contributed by atoms with E-state index in [0.717, 1.165) is 0 Å². The first-order valence-corrected chi connectivity index (χ1v) is 2.99. The van der Waals surface area contributed by atoms with E-state index in [0.29, 0.717) is 18.8 Å². The van der Waals surface area contributed by atoms with E-state index in [-0.39, 0.29) is 6.09 Å². The highest BCUT2D eigenvalue weighted by Crippen LogP contribution is 2.11. The highest BCUT2D eigenvalue weighted by atomic mass is 16.6. The Balaban J connectivity index is 2.54. The SMILES string of the molecule is C=CCN1CC(=C)OC1=O. The van der Waals surface area contributed by atoms with E-state index >= 15 is 0 Å². The van der Waals surface area contributed by atoms with Crippen molar-refractivity contribution in [3.8, 4) is 0 Å². The Morgan fingerprint density at radius 1 is 1.80 bits per heavy atom. The number of amides is 1. The first kappa shape index (κ1) is 6.86. The zero-order chi connectivity index (χ0) is 7.56. The molecule has 54 valence electrons. The lowest BCUT2D eigenvalue weighted by Crippen LogP contribution is -2.23. The van der Waals surface area contributed by atoms with E-state index in [4.69, 9.17) is 0 Å². The van der Waals surface area contributed by atoms with Crippen molar-refractivity contribution in [2.45, 2.75) is 0 Å². The molecule has 0 bridgehead atoms. The number of ether oxygens (including phenoxy) is 1. The molecule has 1 aliphatic rings. The number of rotatable bonds is 2. The molecule has 0 atom stereocenters. The van der Waals surface area contributed by atoms with Crippen molar-refractivity contribution >= 4 is 6.09 Å². The van der Waals surface area contributed by atoms with Gasteiger partial charge in [-0.25, -0.2) is 4.79 Å². The minimum Gasteiger partial charge on any atom is -0.413 e. The topological polar surface area (TPSA) is 29.5 Å². The van der Waals surface area contributed by atoms with Crippen molar-refractivity contribution in [1.82, 2.24) is 4.90 Å². The first-order chi connectivity index (χ1) is 4.74. The fraction of sp³-hybridized carbons (Fsp3) is 0.286. The monoisotopic (exact) mass is 139 g/mol. The van der Waals surface area contributed by atoms with Gasteiger partial charge in [0.05, 0.1) is 6.54 Å². The van der Waals surface area contributed by atoms with Gasteiger partial charge in [-0.1, -0.05) is 12.7 Å². The third-order valence-electron chi connectivity index (χ3n) is 1.21. The molecule has 0 aromatic rings.